The summed E-state index contributed by atoms with van der Waals surface area (Å²) < 4.78 is 17.1. The van der Waals surface area contributed by atoms with Gasteiger partial charge in [0.05, 0.1) is 7.11 Å². The van der Waals surface area contributed by atoms with E-state index in [0.29, 0.717) is 19.1 Å². The molecule has 0 aromatic heterocycles. The number of hydrogen-bond donors (Lipinski definition) is 1. The molecule has 0 unspecified atom stereocenters. The van der Waals surface area contributed by atoms with Gasteiger partial charge in [0, 0.05) is 55.5 Å². The number of nitrogens with one attached hydrogen (secondary N) is 1. The number of para-hydroxylation sites is 1. The molecule has 53 heavy (non-hydrogen) atoms. The van der Waals surface area contributed by atoms with E-state index in [1.54, 1.807) is 20.1 Å². The summed E-state index contributed by atoms with van der Waals surface area (Å²) in [6, 6.07) is 32.7. The summed E-state index contributed by atoms with van der Waals surface area (Å²) in [6.45, 7) is 16.4. The molecule has 4 aromatic rings. The first-order valence-corrected chi connectivity index (χ1v) is 18.6. The number of rotatable bonds is 15. The Morgan fingerprint density at radius 1 is 0.906 bits per heavy atom. The number of anilines is 2. The molecular formula is C46H59N3O4. The van der Waals surface area contributed by atoms with Crippen molar-refractivity contribution in [1.29, 1.82) is 0 Å². The van der Waals surface area contributed by atoms with Crippen molar-refractivity contribution in [3.8, 4) is 5.75 Å². The largest absolute Gasteiger partial charge is 0.496 e. The Kier molecular flexibility index (Phi) is 16.4. The molecule has 0 saturated carbocycles. The normalized spacial score (nSPS) is 14.3. The van der Waals surface area contributed by atoms with Gasteiger partial charge in [0.15, 0.2) is 6.29 Å². The van der Waals surface area contributed by atoms with E-state index in [4.69, 9.17) is 14.2 Å². The molecule has 0 atom stereocenters. The summed E-state index contributed by atoms with van der Waals surface area (Å²) in [5.41, 5.74) is 11.0. The molecule has 0 amide bonds. The van der Waals surface area contributed by atoms with Gasteiger partial charge in [0.2, 0.25) is 0 Å². The maximum Gasteiger partial charge on any atom is 0.183 e. The SMILES string of the molecule is C.C/C=C/C=O.C=C(c1ccc(CN2CCC(c3ccccc3OC)CC2)cc1)N1CCc2cc(NCc3ccc(C(OCC)OCC)cc3)ccc21. The average Bonchev–Trinajstić information content (AvgIpc) is 3.61. The van der Waals surface area contributed by atoms with E-state index in [1.165, 1.54) is 39.6 Å². The third-order valence-corrected chi connectivity index (χ3v) is 9.82. The molecule has 7 heteroatoms. The third-order valence-electron chi connectivity index (χ3n) is 9.82. The number of carbonyl (C=O) groups is 1. The second-order valence-electron chi connectivity index (χ2n) is 13.2. The molecule has 7 nitrogen and oxygen atoms in total. The summed E-state index contributed by atoms with van der Waals surface area (Å²) in [4.78, 5) is 14.3. The van der Waals surface area contributed by atoms with E-state index in [1.807, 2.05) is 13.8 Å². The Balaban J connectivity index is 0.000000980. The Labute approximate surface area is 318 Å². The van der Waals surface area contributed by atoms with Crippen molar-refractivity contribution in [2.45, 2.75) is 72.8 Å². The molecule has 1 fully saturated rings. The first kappa shape index (κ1) is 41.1. The van der Waals surface area contributed by atoms with E-state index >= 15 is 0 Å². The molecule has 282 valence electrons. The molecule has 4 aromatic carbocycles. The number of likely N-dealkylation sites (tertiary alicyclic amines) is 1. The number of piperidine rings is 1. The van der Waals surface area contributed by atoms with E-state index in [9.17, 15) is 4.79 Å². The van der Waals surface area contributed by atoms with Crippen molar-refractivity contribution in [3.05, 3.63) is 143 Å². The number of fused-ring (bicyclic) bond motifs is 1. The van der Waals surface area contributed by atoms with Crippen LogP contribution in [0.25, 0.3) is 5.70 Å². The highest BCUT2D eigenvalue weighted by molar-refractivity contribution is 5.82. The first-order valence-electron chi connectivity index (χ1n) is 18.6. The molecule has 1 N–H and O–H groups in total. The zero-order valence-electron chi connectivity index (χ0n) is 31.4. The molecule has 0 bridgehead atoms. The molecule has 2 aliphatic rings. The maximum atomic E-state index is 9.32. The van der Waals surface area contributed by atoms with Gasteiger partial charge in [-0.05, 0) is 117 Å². The number of methoxy groups -OCH3 is 1. The Hall–Kier alpha value is -4.69. The molecule has 0 radical (unpaired) electrons. The monoisotopic (exact) mass is 717 g/mol. The number of aldehydes is 1. The molecule has 2 heterocycles. The summed E-state index contributed by atoms with van der Waals surface area (Å²) >= 11 is 0. The van der Waals surface area contributed by atoms with Gasteiger partial charge in [-0.3, -0.25) is 9.69 Å². The minimum atomic E-state index is -0.307. The molecule has 2 aliphatic heterocycles. The number of hydrogen-bond acceptors (Lipinski definition) is 7. The van der Waals surface area contributed by atoms with E-state index < -0.39 is 0 Å². The summed E-state index contributed by atoms with van der Waals surface area (Å²) in [7, 11) is 1.77. The first-order chi connectivity index (χ1) is 25.5. The van der Waals surface area contributed by atoms with Crippen molar-refractivity contribution in [2.75, 3.05) is 50.2 Å². The Bertz CT molecular complexity index is 1740. The minimum absolute atomic E-state index is 0. The number of allylic oxidation sites excluding steroid dienone is 2. The quantitative estimate of drug-likeness (QED) is 0.0746. The second kappa shape index (κ2) is 21.1. The van der Waals surface area contributed by atoms with Crippen LogP contribution in [0.4, 0.5) is 11.4 Å². The molecule has 0 aliphatic carbocycles. The van der Waals surface area contributed by atoms with Crippen LogP contribution in [0.15, 0.2) is 110 Å². The zero-order valence-corrected chi connectivity index (χ0v) is 31.4. The van der Waals surface area contributed by atoms with Crippen LogP contribution in [-0.4, -0.2) is 51.1 Å². The fourth-order valence-electron chi connectivity index (χ4n) is 7.03. The lowest BCUT2D eigenvalue weighted by Crippen LogP contribution is -2.32. The summed E-state index contributed by atoms with van der Waals surface area (Å²) in [5, 5.41) is 3.61. The van der Waals surface area contributed by atoms with Crippen molar-refractivity contribution in [1.82, 2.24) is 4.90 Å². The van der Waals surface area contributed by atoms with Crippen LogP contribution in [0.2, 0.25) is 0 Å². The summed E-state index contributed by atoms with van der Waals surface area (Å²) in [6.07, 6.45) is 6.92. The van der Waals surface area contributed by atoms with Gasteiger partial charge in [-0.2, -0.15) is 0 Å². The van der Waals surface area contributed by atoms with Gasteiger partial charge in [0.1, 0.15) is 12.0 Å². The van der Waals surface area contributed by atoms with Gasteiger partial charge in [0.25, 0.3) is 0 Å². The predicted molar refractivity (Wildman–Crippen MR) is 221 cm³/mol. The smallest absolute Gasteiger partial charge is 0.183 e. The lowest BCUT2D eigenvalue weighted by molar-refractivity contribution is -0.140. The lowest BCUT2D eigenvalue weighted by Gasteiger charge is -2.32. The van der Waals surface area contributed by atoms with E-state index in [-0.39, 0.29) is 13.7 Å². The van der Waals surface area contributed by atoms with Crippen LogP contribution in [0.3, 0.4) is 0 Å². The molecular weight excluding hydrogens is 659 g/mol. The zero-order chi connectivity index (χ0) is 36.7. The van der Waals surface area contributed by atoms with Gasteiger partial charge >= 0.3 is 0 Å². The van der Waals surface area contributed by atoms with Crippen LogP contribution < -0.4 is 15.0 Å². The Morgan fingerprint density at radius 3 is 2.21 bits per heavy atom. The van der Waals surface area contributed by atoms with Crippen LogP contribution in [0, 0.1) is 0 Å². The van der Waals surface area contributed by atoms with Crippen molar-refractivity contribution >= 4 is 23.4 Å². The van der Waals surface area contributed by atoms with Crippen LogP contribution in [-0.2, 0) is 33.8 Å². The Morgan fingerprint density at radius 2 is 1.58 bits per heavy atom. The van der Waals surface area contributed by atoms with Gasteiger partial charge < -0.3 is 24.4 Å². The fourth-order valence-corrected chi connectivity index (χ4v) is 7.03. The topological polar surface area (TPSA) is 63.3 Å². The molecule has 6 rings (SSSR count). The molecule has 0 spiro atoms. The summed E-state index contributed by atoms with van der Waals surface area (Å²) in [5.74, 6) is 1.59. The van der Waals surface area contributed by atoms with E-state index in [2.05, 4.69) is 113 Å². The average molecular weight is 718 g/mol. The number of carbonyl (C=O) groups excluding carboxylic acids is 1. The van der Waals surface area contributed by atoms with Crippen LogP contribution >= 0.6 is 0 Å². The maximum absolute atomic E-state index is 9.32. The highest BCUT2D eigenvalue weighted by Gasteiger charge is 2.24. The minimum Gasteiger partial charge on any atom is -0.496 e. The van der Waals surface area contributed by atoms with Crippen molar-refractivity contribution in [2.24, 2.45) is 0 Å². The number of nitrogens with zero attached hydrogens (tertiary/aromatic N) is 2. The fraction of sp³-hybridized carbons (Fsp3) is 0.370. The van der Waals surface area contributed by atoms with Crippen LogP contribution in [0.5, 0.6) is 5.75 Å². The van der Waals surface area contributed by atoms with Gasteiger partial charge in [-0.15, -0.1) is 0 Å². The predicted octanol–water partition coefficient (Wildman–Crippen LogP) is 10.2. The van der Waals surface area contributed by atoms with Gasteiger partial charge in [-0.1, -0.05) is 86.8 Å². The van der Waals surface area contributed by atoms with Gasteiger partial charge in [-0.25, -0.2) is 0 Å². The van der Waals surface area contributed by atoms with Crippen molar-refractivity contribution in [3.63, 3.8) is 0 Å². The lowest BCUT2D eigenvalue weighted by atomic mass is 9.88. The highest BCUT2D eigenvalue weighted by atomic mass is 16.7. The third kappa shape index (κ3) is 11.2. The highest BCUT2D eigenvalue weighted by Crippen LogP contribution is 2.37. The standard InChI is InChI=1S/C41H49N3O3.C4H6O.CH4/c1-5-46-41(47-6-2)35-17-11-31(12-18-35)28-42-37-19-20-39-36(27-37)23-26-44(39)30(3)33-15-13-32(14-16-33)29-43-24-21-34(22-25-43)38-9-7-8-10-40(38)45-4;1-2-3-4-5;/h7-20,27,34,41-42H,3,5-6,21-26,28-29H2,1-2,4H3;2-4H,1H3;1H4/b;3-2+;. The number of ether oxygens (including phenoxy) is 3. The van der Waals surface area contributed by atoms with Crippen molar-refractivity contribution < 1.29 is 19.0 Å². The molecule has 1 saturated heterocycles. The van der Waals surface area contributed by atoms with Crippen LogP contribution in [0.1, 0.15) is 86.6 Å². The van der Waals surface area contributed by atoms with E-state index in [0.717, 1.165) is 81.0 Å². The number of benzene rings is 4. The second-order valence-corrected chi connectivity index (χ2v) is 13.2.